The van der Waals surface area contributed by atoms with Crippen LogP contribution in [0, 0.1) is 6.92 Å². The third-order valence-electron chi connectivity index (χ3n) is 5.58. The van der Waals surface area contributed by atoms with E-state index in [1.807, 2.05) is 18.5 Å². The third kappa shape index (κ3) is 3.32. The summed E-state index contributed by atoms with van der Waals surface area (Å²) in [5, 5.41) is 12.9. The van der Waals surface area contributed by atoms with Crippen molar-refractivity contribution in [3.63, 3.8) is 0 Å². The summed E-state index contributed by atoms with van der Waals surface area (Å²) in [6, 6.07) is 1.49. The summed E-state index contributed by atoms with van der Waals surface area (Å²) in [7, 11) is -1.50. The van der Waals surface area contributed by atoms with Crippen molar-refractivity contribution in [3.05, 3.63) is 29.1 Å². The number of hydrogen-bond acceptors (Lipinski definition) is 6. The van der Waals surface area contributed by atoms with Gasteiger partial charge in [-0.15, -0.1) is 10.2 Å². The lowest BCUT2D eigenvalue weighted by molar-refractivity contribution is 0.0698. The molecule has 1 amide bonds. The van der Waals surface area contributed by atoms with Crippen molar-refractivity contribution < 1.29 is 13.2 Å². The molecule has 2 aromatic rings. The molecule has 10 nitrogen and oxygen atoms in total. The first-order valence-electron chi connectivity index (χ1n) is 9.44. The van der Waals surface area contributed by atoms with Crippen molar-refractivity contribution in [3.8, 4) is 0 Å². The normalized spacial score (nSPS) is 21.0. The van der Waals surface area contributed by atoms with Crippen LogP contribution in [-0.2, 0) is 30.2 Å². The minimum absolute atomic E-state index is 0.130. The molecule has 0 saturated carbocycles. The van der Waals surface area contributed by atoms with E-state index in [4.69, 9.17) is 0 Å². The number of carbonyl (C=O) groups excluding carboxylic acids is 1. The highest BCUT2D eigenvalue weighted by molar-refractivity contribution is 7.88. The summed E-state index contributed by atoms with van der Waals surface area (Å²) in [4.78, 5) is 14.5. The minimum Gasteiger partial charge on any atom is -0.328 e. The van der Waals surface area contributed by atoms with E-state index in [-0.39, 0.29) is 11.9 Å². The Labute approximate surface area is 164 Å². The first-order chi connectivity index (χ1) is 13.3. The predicted molar refractivity (Wildman–Crippen MR) is 101 cm³/mol. The Morgan fingerprint density at radius 2 is 1.96 bits per heavy atom. The Kier molecular flexibility index (Phi) is 4.74. The summed E-state index contributed by atoms with van der Waals surface area (Å²) < 4.78 is 29.6. The fourth-order valence-corrected chi connectivity index (χ4v) is 5.11. The van der Waals surface area contributed by atoms with Crippen molar-refractivity contribution >= 4 is 15.9 Å². The average Bonchev–Trinajstić information content (AvgIpc) is 3.23. The third-order valence-corrected chi connectivity index (χ3v) is 6.87. The van der Waals surface area contributed by atoms with Crippen molar-refractivity contribution in [1.82, 2.24) is 33.8 Å². The number of aryl methyl sites for hydroxylation is 2. The van der Waals surface area contributed by atoms with Gasteiger partial charge in [-0.3, -0.25) is 9.48 Å². The smallest absolute Gasteiger partial charge is 0.274 e. The molecule has 28 heavy (non-hydrogen) atoms. The molecule has 0 radical (unpaired) electrons. The second-order valence-corrected chi connectivity index (χ2v) is 9.47. The molecule has 4 heterocycles. The number of piperidine rings is 1. The molecule has 1 fully saturated rings. The Morgan fingerprint density at radius 3 is 2.64 bits per heavy atom. The van der Waals surface area contributed by atoms with E-state index in [0.29, 0.717) is 43.5 Å². The molecule has 2 aromatic heterocycles. The largest absolute Gasteiger partial charge is 0.328 e. The van der Waals surface area contributed by atoms with Gasteiger partial charge < -0.3 is 9.47 Å². The standard InChI is InChI=1S/C17H25N7O3S/c1-12-10-13(20-21(12)2)17(25)22-8-9-23-15(11-22)18-19-16(23)14-6-4-5-7-24(14)28(3,26)27/h10,14H,4-9,11H2,1-3H3. The molecule has 4 rings (SSSR count). The number of carbonyl (C=O) groups is 1. The first kappa shape index (κ1) is 19.1. The van der Waals surface area contributed by atoms with Crippen molar-refractivity contribution in [2.45, 2.75) is 45.3 Å². The van der Waals surface area contributed by atoms with Crippen LogP contribution in [0.2, 0.25) is 0 Å². The van der Waals surface area contributed by atoms with E-state index in [1.165, 1.54) is 10.6 Å². The summed E-state index contributed by atoms with van der Waals surface area (Å²) in [6.45, 7) is 3.81. The zero-order valence-corrected chi connectivity index (χ0v) is 17.2. The Hall–Kier alpha value is -2.27. The van der Waals surface area contributed by atoms with Gasteiger partial charge in [-0.25, -0.2) is 8.42 Å². The fraction of sp³-hybridized carbons (Fsp3) is 0.647. The molecule has 1 atom stereocenters. The average molecular weight is 408 g/mol. The number of nitrogens with zero attached hydrogens (tertiary/aromatic N) is 7. The van der Waals surface area contributed by atoms with Crippen molar-refractivity contribution in [1.29, 1.82) is 0 Å². The predicted octanol–water partition coefficient (Wildman–Crippen LogP) is 0.463. The molecule has 0 N–H and O–H groups in total. The lowest BCUT2D eigenvalue weighted by Crippen LogP contribution is -2.42. The van der Waals surface area contributed by atoms with Crippen LogP contribution in [-0.4, -0.2) is 67.4 Å². The van der Waals surface area contributed by atoms with E-state index in [9.17, 15) is 13.2 Å². The van der Waals surface area contributed by atoms with Gasteiger partial charge in [-0.1, -0.05) is 6.42 Å². The highest BCUT2D eigenvalue weighted by atomic mass is 32.2. The summed E-state index contributed by atoms with van der Waals surface area (Å²) >= 11 is 0. The Bertz CT molecular complexity index is 991. The van der Waals surface area contributed by atoms with E-state index < -0.39 is 10.0 Å². The maximum Gasteiger partial charge on any atom is 0.274 e. The lowest BCUT2D eigenvalue weighted by Gasteiger charge is -2.34. The zero-order chi connectivity index (χ0) is 20.1. The molecule has 1 saturated heterocycles. The maximum absolute atomic E-state index is 12.8. The van der Waals surface area contributed by atoms with Gasteiger partial charge in [0.1, 0.15) is 0 Å². The number of hydrogen-bond donors (Lipinski definition) is 0. The van der Waals surface area contributed by atoms with Crippen LogP contribution < -0.4 is 0 Å². The monoisotopic (exact) mass is 407 g/mol. The van der Waals surface area contributed by atoms with Gasteiger partial charge in [0.15, 0.2) is 17.3 Å². The molecule has 0 bridgehead atoms. The quantitative estimate of drug-likeness (QED) is 0.732. The van der Waals surface area contributed by atoms with E-state index in [2.05, 4.69) is 15.3 Å². The van der Waals surface area contributed by atoms with Crippen LogP contribution in [0.4, 0.5) is 0 Å². The van der Waals surface area contributed by atoms with Crippen LogP contribution in [0.25, 0.3) is 0 Å². The summed E-state index contributed by atoms with van der Waals surface area (Å²) in [6.07, 6.45) is 3.80. The van der Waals surface area contributed by atoms with Gasteiger partial charge in [0.2, 0.25) is 10.0 Å². The van der Waals surface area contributed by atoms with Gasteiger partial charge in [-0.2, -0.15) is 9.40 Å². The number of aromatic nitrogens is 5. The maximum atomic E-state index is 12.8. The SMILES string of the molecule is Cc1cc(C(=O)N2CCn3c(nnc3C3CCCCN3S(C)(=O)=O)C2)nn1C. The second kappa shape index (κ2) is 6.96. The molecular weight excluding hydrogens is 382 g/mol. The molecule has 2 aliphatic heterocycles. The van der Waals surface area contributed by atoms with Gasteiger partial charge in [-0.05, 0) is 25.8 Å². The Morgan fingerprint density at radius 1 is 1.18 bits per heavy atom. The van der Waals surface area contributed by atoms with E-state index in [1.54, 1.807) is 15.6 Å². The molecular formula is C17H25N7O3S. The van der Waals surface area contributed by atoms with Gasteiger partial charge in [0.05, 0.1) is 18.8 Å². The second-order valence-electron chi connectivity index (χ2n) is 7.53. The number of fused-ring (bicyclic) bond motifs is 1. The zero-order valence-electron chi connectivity index (χ0n) is 16.4. The molecule has 2 aliphatic rings. The molecule has 1 unspecified atom stereocenters. The lowest BCUT2D eigenvalue weighted by atomic mass is 10.0. The highest BCUT2D eigenvalue weighted by Crippen LogP contribution is 2.33. The highest BCUT2D eigenvalue weighted by Gasteiger charge is 2.36. The molecule has 152 valence electrons. The Balaban J connectivity index is 1.57. The summed E-state index contributed by atoms with van der Waals surface area (Å²) in [5.41, 5.74) is 1.34. The van der Waals surface area contributed by atoms with Gasteiger partial charge >= 0.3 is 0 Å². The molecule has 0 spiro atoms. The first-order valence-corrected chi connectivity index (χ1v) is 11.3. The van der Waals surface area contributed by atoms with Crippen LogP contribution in [0.5, 0.6) is 0 Å². The van der Waals surface area contributed by atoms with Crippen LogP contribution >= 0.6 is 0 Å². The van der Waals surface area contributed by atoms with Gasteiger partial charge in [0.25, 0.3) is 5.91 Å². The molecule has 0 aliphatic carbocycles. The van der Waals surface area contributed by atoms with Gasteiger partial charge in [0, 0.05) is 32.4 Å². The topological polar surface area (TPSA) is 106 Å². The fourth-order valence-electron chi connectivity index (χ4n) is 3.99. The number of rotatable bonds is 3. The van der Waals surface area contributed by atoms with E-state index in [0.717, 1.165) is 25.0 Å². The van der Waals surface area contributed by atoms with Crippen LogP contribution in [0.15, 0.2) is 6.07 Å². The molecule has 11 heteroatoms. The van der Waals surface area contributed by atoms with Crippen molar-refractivity contribution in [2.24, 2.45) is 7.05 Å². The van der Waals surface area contributed by atoms with Crippen molar-refractivity contribution in [2.75, 3.05) is 19.3 Å². The number of amides is 1. The molecule has 0 aromatic carbocycles. The summed E-state index contributed by atoms with van der Waals surface area (Å²) in [5.74, 6) is 1.23. The minimum atomic E-state index is -3.31. The van der Waals surface area contributed by atoms with Crippen LogP contribution in [0.1, 0.15) is 53.1 Å². The number of sulfonamides is 1. The van der Waals surface area contributed by atoms with Crippen LogP contribution in [0.3, 0.4) is 0 Å². The van der Waals surface area contributed by atoms with E-state index >= 15 is 0 Å².